The third-order valence-corrected chi connectivity index (χ3v) is 5.11. The molecule has 0 fully saturated rings. The molecular formula is C18H20N2S. The van der Waals surface area contributed by atoms with E-state index in [-0.39, 0.29) is 0 Å². The largest absolute Gasteiger partial charge is 0.384 e. The van der Waals surface area contributed by atoms with Gasteiger partial charge in [-0.25, -0.2) is 0 Å². The minimum Gasteiger partial charge on any atom is -0.384 e. The number of aryl methyl sites for hydroxylation is 2. The van der Waals surface area contributed by atoms with E-state index in [2.05, 4.69) is 79.3 Å². The number of aromatic nitrogens is 1. The molecule has 3 aromatic rings. The molecule has 0 aliphatic heterocycles. The fourth-order valence-corrected chi connectivity index (χ4v) is 3.80. The van der Waals surface area contributed by atoms with E-state index in [0.29, 0.717) is 0 Å². The maximum atomic E-state index is 3.44. The second-order valence-corrected chi connectivity index (χ2v) is 6.17. The molecule has 1 aromatic heterocycles. The number of anilines is 1. The molecule has 0 spiro atoms. The molecule has 1 heterocycles. The third-order valence-electron chi connectivity index (χ3n) is 3.76. The predicted octanol–water partition coefficient (Wildman–Crippen LogP) is 5.07. The van der Waals surface area contributed by atoms with E-state index in [4.69, 9.17) is 0 Å². The van der Waals surface area contributed by atoms with E-state index in [0.717, 1.165) is 6.54 Å². The summed E-state index contributed by atoms with van der Waals surface area (Å²) in [4.78, 5) is 1.27. The number of nitrogens with zero attached hydrogens (tertiary/aromatic N) is 1. The molecule has 0 bridgehead atoms. The van der Waals surface area contributed by atoms with Crippen LogP contribution in [-0.4, -0.2) is 11.1 Å². The van der Waals surface area contributed by atoms with Crippen molar-refractivity contribution in [2.75, 3.05) is 11.9 Å². The standard InChI is InChI=1S/C18H20N2S/c1-4-19-15-10-6-8-12-17(15)21-18-13(2)14-9-5-7-11-16(14)20(18)3/h5-12,19H,4H2,1-3H3. The minimum absolute atomic E-state index is 0.936. The first-order valence-corrected chi connectivity index (χ1v) is 8.08. The summed E-state index contributed by atoms with van der Waals surface area (Å²) in [7, 11) is 2.15. The third kappa shape index (κ3) is 2.54. The van der Waals surface area contributed by atoms with Crippen LogP contribution in [0.5, 0.6) is 0 Å². The quantitative estimate of drug-likeness (QED) is 0.724. The molecule has 108 valence electrons. The van der Waals surface area contributed by atoms with Crippen molar-refractivity contribution in [3.8, 4) is 0 Å². The molecule has 0 aliphatic rings. The molecule has 3 rings (SSSR count). The molecule has 0 saturated carbocycles. The van der Waals surface area contributed by atoms with Crippen LogP contribution < -0.4 is 5.32 Å². The molecule has 0 radical (unpaired) electrons. The van der Waals surface area contributed by atoms with Gasteiger partial charge in [0, 0.05) is 35.1 Å². The molecule has 3 heteroatoms. The van der Waals surface area contributed by atoms with Crippen LogP contribution in [0.15, 0.2) is 58.5 Å². The summed E-state index contributed by atoms with van der Waals surface area (Å²) < 4.78 is 2.29. The highest BCUT2D eigenvalue weighted by Gasteiger charge is 2.13. The Morgan fingerprint density at radius 3 is 2.52 bits per heavy atom. The van der Waals surface area contributed by atoms with Crippen molar-refractivity contribution < 1.29 is 0 Å². The molecule has 0 unspecified atom stereocenters. The number of nitrogens with one attached hydrogen (secondary N) is 1. The first-order chi connectivity index (χ1) is 10.2. The Morgan fingerprint density at radius 1 is 1.05 bits per heavy atom. The van der Waals surface area contributed by atoms with Crippen LogP contribution in [0.3, 0.4) is 0 Å². The summed E-state index contributed by atoms with van der Waals surface area (Å²) in [6.45, 7) is 5.27. The molecule has 21 heavy (non-hydrogen) atoms. The number of fused-ring (bicyclic) bond motifs is 1. The van der Waals surface area contributed by atoms with Crippen LogP contribution in [0.4, 0.5) is 5.69 Å². The summed E-state index contributed by atoms with van der Waals surface area (Å²) in [5, 5.41) is 6.08. The average Bonchev–Trinajstić information content (AvgIpc) is 2.75. The van der Waals surface area contributed by atoms with Gasteiger partial charge in [-0.1, -0.05) is 42.1 Å². The van der Waals surface area contributed by atoms with Crippen LogP contribution in [0.1, 0.15) is 12.5 Å². The number of hydrogen-bond donors (Lipinski definition) is 1. The Balaban J connectivity index is 2.07. The lowest BCUT2D eigenvalue weighted by Gasteiger charge is -2.11. The van der Waals surface area contributed by atoms with Crippen molar-refractivity contribution in [2.24, 2.45) is 7.05 Å². The van der Waals surface area contributed by atoms with E-state index in [1.54, 1.807) is 0 Å². The van der Waals surface area contributed by atoms with Gasteiger partial charge in [0.2, 0.25) is 0 Å². The van der Waals surface area contributed by atoms with Crippen molar-refractivity contribution in [2.45, 2.75) is 23.8 Å². The van der Waals surface area contributed by atoms with Gasteiger partial charge in [-0.15, -0.1) is 0 Å². The van der Waals surface area contributed by atoms with Crippen LogP contribution >= 0.6 is 11.8 Å². The predicted molar refractivity (Wildman–Crippen MR) is 92.4 cm³/mol. The van der Waals surface area contributed by atoms with E-state index in [9.17, 15) is 0 Å². The lowest BCUT2D eigenvalue weighted by Crippen LogP contribution is -1.98. The van der Waals surface area contributed by atoms with Crippen molar-refractivity contribution in [1.82, 2.24) is 4.57 Å². The fourth-order valence-electron chi connectivity index (χ4n) is 2.70. The smallest absolute Gasteiger partial charge is 0.0835 e. The second-order valence-electron chi connectivity index (χ2n) is 5.13. The Morgan fingerprint density at radius 2 is 1.76 bits per heavy atom. The molecule has 2 aromatic carbocycles. The molecule has 0 aliphatic carbocycles. The highest BCUT2D eigenvalue weighted by molar-refractivity contribution is 7.99. The van der Waals surface area contributed by atoms with E-state index >= 15 is 0 Å². The van der Waals surface area contributed by atoms with Crippen molar-refractivity contribution in [3.63, 3.8) is 0 Å². The highest BCUT2D eigenvalue weighted by Crippen LogP contribution is 2.38. The summed E-state index contributed by atoms with van der Waals surface area (Å²) in [6, 6.07) is 17.1. The molecule has 0 atom stereocenters. The number of benzene rings is 2. The zero-order chi connectivity index (χ0) is 14.8. The van der Waals surface area contributed by atoms with Gasteiger partial charge < -0.3 is 9.88 Å². The van der Waals surface area contributed by atoms with E-state index in [1.165, 1.54) is 32.1 Å². The normalized spacial score (nSPS) is 11.0. The Hall–Kier alpha value is -1.87. The first-order valence-electron chi connectivity index (χ1n) is 7.27. The second kappa shape index (κ2) is 5.86. The van der Waals surface area contributed by atoms with Crippen molar-refractivity contribution in [1.29, 1.82) is 0 Å². The van der Waals surface area contributed by atoms with Crippen molar-refractivity contribution >= 4 is 28.4 Å². The Kier molecular flexibility index (Phi) is 3.93. The van der Waals surface area contributed by atoms with Crippen molar-refractivity contribution in [3.05, 3.63) is 54.1 Å². The summed E-state index contributed by atoms with van der Waals surface area (Å²) in [6.07, 6.45) is 0. The maximum absolute atomic E-state index is 3.44. The summed E-state index contributed by atoms with van der Waals surface area (Å²) >= 11 is 1.83. The van der Waals surface area contributed by atoms with Crippen LogP contribution in [0, 0.1) is 6.92 Å². The van der Waals surface area contributed by atoms with Gasteiger partial charge in [0.25, 0.3) is 0 Å². The Bertz CT molecular complexity index is 735. The molecule has 0 amide bonds. The Labute approximate surface area is 130 Å². The van der Waals surface area contributed by atoms with E-state index < -0.39 is 0 Å². The van der Waals surface area contributed by atoms with Gasteiger partial charge in [-0.2, -0.15) is 0 Å². The van der Waals surface area contributed by atoms with Gasteiger partial charge in [-0.05, 0) is 37.6 Å². The average molecular weight is 296 g/mol. The number of hydrogen-bond acceptors (Lipinski definition) is 2. The maximum Gasteiger partial charge on any atom is 0.0835 e. The topological polar surface area (TPSA) is 17.0 Å². The number of rotatable bonds is 4. The van der Waals surface area contributed by atoms with Gasteiger partial charge in [0.15, 0.2) is 0 Å². The number of para-hydroxylation sites is 2. The van der Waals surface area contributed by atoms with Gasteiger partial charge in [-0.3, -0.25) is 0 Å². The van der Waals surface area contributed by atoms with Crippen LogP contribution in [0.25, 0.3) is 10.9 Å². The van der Waals surface area contributed by atoms with Gasteiger partial charge in [0.05, 0.1) is 5.03 Å². The monoisotopic (exact) mass is 296 g/mol. The highest BCUT2D eigenvalue weighted by atomic mass is 32.2. The summed E-state index contributed by atoms with van der Waals surface area (Å²) in [5.41, 5.74) is 3.84. The zero-order valence-electron chi connectivity index (χ0n) is 12.7. The lowest BCUT2D eigenvalue weighted by atomic mass is 10.2. The van der Waals surface area contributed by atoms with Crippen LogP contribution in [0.2, 0.25) is 0 Å². The minimum atomic E-state index is 0.936. The fraction of sp³-hybridized carbons (Fsp3) is 0.222. The van der Waals surface area contributed by atoms with Crippen LogP contribution in [-0.2, 0) is 7.05 Å². The first kappa shape index (κ1) is 14.1. The van der Waals surface area contributed by atoms with Gasteiger partial charge in [0.1, 0.15) is 0 Å². The molecule has 2 nitrogen and oxygen atoms in total. The molecule has 0 saturated heterocycles. The molecule has 1 N–H and O–H groups in total. The van der Waals surface area contributed by atoms with Gasteiger partial charge >= 0.3 is 0 Å². The lowest BCUT2D eigenvalue weighted by molar-refractivity contribution is 0.851. The summed E-state index contributed by atoms with van der Waals surface area (Å²) in [5.74, 6) is 0. The molecular weight excluding hydrogens is 276 g/mol. The SMILES string of the molecule is CCNc1ccccc1Sc1c(C)c2ccccc2n1C. The van der Waals surface area contributed by atoms with E-state index in [1.807, 2.05) is 11.8 Å². The zero-order valence-corrected chi connectivity index (χ0v) is 13.5.